The summed E-state index contributed by atoms with van der Waals surface area (Å²) in [6.07, 6.45) is 0. The minimum absolute atomic E-state index is 0.0355. The van der Waals surface area contributed by atoms with Crippen molar-refractivity contribution in [2.45, 2.75) is 5.38 Å². The Morgan fingerprint density at radius 2 is 1.44 bits per heavy atom. The molecule has 0 bridgehead atoms. The van der Waals surface area contributed by atoms with E-state index in [-0.39, 0.29) is 12.0 Å². The maximum Gasteiger partial charge on any atom is 0.0816 e. The van der Waals surface area contributed by atoms with E-state index in [1.165, 1.54) is 5.56 Å². The molecule has 0 saturated heterocycles. The summed E-state index contributed by atoms with van der Waals surface area (Å²) < 4.78 is 0. The Hall–Kier alpha value is -1.31. The lowest BCUT2D eigenvalue weighted by molar-refractivity contribution is 0.294. The maximum absolute atomic E-state index is 8.94. The fourth-order valence-corrected chi connectivity index (χ4v) is 1.77. The van der Waals surface area contributed by atoms with Gasteiger partial charge in [0.25, 0.3) is 0 Å². The SMILES string of the molecule is OCC(Cl)c1ccc(-c2ccccc2)cc1. The third-order valence-corrected chi connectivity index (χ3v) is 2.93. The second-order valence-electron chi connectivity index (χ2n) is 3.64. The molecule has 0 aliphatic rings. The summed E-state index contributed by atoms with van der Waals surface area (Å²) in [5.41, 5.74) is 3.29. The van der Waals surface area contributed by atoms with Gasteiger partial charge in [-0.25, -0.2) is 0 Å². The highest BCUT2D eigenvalue weighted by atomic mass is 35.5. The summed E-state index contributed by atoms with van der Waals surface area (Å²) in [5, 5.41) is 8.63. The van der Waals surface area contributed by atoms with E-state index in [0.29, 0.717) is 0 Å². The zero-order chi connectivity index (χ0) is 11.4. The molecule has 0 spiro atoms. The second kappa shape index (κ2) is 5.15. The van der Waals surface area contributed by atoms with Gasteiger partial charge in [0.2, 0.25) is 0 Å². The van der Waals surface area contributed by atoms with Crippen LogP contribution in [0.2, 0.25) is 0 Å². The van der Waals surface area contributed by atoms with Crippen molar-refractivity contribution in [3.63, 3.8) is 0 Å². The van der Waals surface area contributed by atoms with Crippen LogP contribution in [0.3, 0.4) is 0 Å². The number of aliphatic hydroxyl groups is 1. The number of alkyl halides is 1. The fourth-order valence-electron chi connectivity index (χ4n) is 1.62. The lowest BCUT2D eigenvalue weighted by Gasteiger charge is -2.07. The van der Waals surface area contributed by atoms with Crippen molar-refractivity contribution in [2.75, 3.05) is 6.61 Å². The number of hydrogen-bond acceptors (Lipinski definition) is 1. The number of benzene rings is 2. The van der Waals surface area contributed by atoms with Crippen molar-refractivity contribution in [3.8, 4) is 11.1 Å². The summed E-state index contributed by atoms with van der Waals surface area (Å²) in [5.74, 6) is 0. The molecule has 1 unspecified atom stereocenters. The van der Waals surface area contributed by atoms with Crippen molar-refractivity contribution in [1.29, 1.82) is 0 Å². The van der Waals surface area contributed by atoms with Gasteiger partial charge in [-0.2, -0.15) is 0 Å². The lowest BCUT2D eigenvalue weighted by Crippen LogP contribution is -1.95. The summed E-state index contributed by atoms with van der Waals surface area (Å²) >= 11 is 5.94. The van der Waals surface area contributed by atoms with Crippen LogP contribution in [0.4, 0.5) is 0 Å². The van der Waals surface area contributed by atoms with Gasteiger partial charge >= 0.3 is 0 Å². The summed E-state index contributed by atoms with van der Waals surface area (Å²) in [7, 11) is 0. The van der Waals surface area contributed by atoms with Crippen LogP contribution in [0.25, 0.3) is 11.1 Å². The van der Waals surface area contributed by atoms with Gasteiger partial charge in [-0.3, -0.25) is 0 Å². The Kier molecular flexibility index (Phi) is 3.60. The van der Waals surface area contributed by atoms with Crippen LogP contribution in [0.15, 0.2) is 54.6 Å². The molecule has 2 aromatic carbocycles. The Balaban J connectivity index is 2.26. The van der Waals surface area contributed by atoms with Gasteiger partial charge in [0, 0.05) is 0 Å². The molecule has 0 fully saturated rings. The van der Waals surface area contributed by atoms with Crippen molar-refractivity contribution < 1.29 is 5.11 Å². The van der Waals surface area contributed by atoms with Gasteiger partial charge in [0.05, 0.1) is 12.0 Å². The molecule has 0 aromatic heterocycles. The van der Waals surface area contributed by atoms with E-state index in [2.05, 4.69) is 12.1 Å². The van der Waals surface area contributed by atoms with E-state index in [4.69, 9.17) is 16.7 Å². The fraction of sp³-hybridized carbons (Fsp3) is 0.143. The smallest absolute Gasteiger partial charge is 0.0816 e. The average Bonchev–Trinajstić information content (AvgIpc) is 2.39. The first kappa shape index (κ1) is 11.2. The average molecular weight is 233 g/mol. The van der Waals surface area contributed by atoms with E-state index in [0.717, 1.165) is 11.1 Å². The summed E-state index contributed by atoms with van der Waals surface area (Å²) in [6.45, 7) is -0.0355. The van der Waals surface area contributed by atoms with Crippen molar-refractivity contribution in [2.24, 2.45) is 0 Å². The number of rotatable bonds is 3. The van der Waals surface area contributed by atoms with Crippen LogP contribution in [-0.4, -0.2) is 11.7 Å². The largest absolute Gasteiger partial charge is 0.394 e. The zero-order valence-corrected chi connectivity index (χ0v) is 9.56. The van der Waals surface area contributed by atoms with Crippen LogP contribution in [0, 0.1) is 0 Å². The minimum atomic E-state index is -0.315. The third kappa shape index (κ3) is 2.43. The quantitative estimate of drug-likeness (QED) is 0.802. The first-order chi connectivity index (χ1) is 7.81. The third-order valence-electron chi connectivity index (χ3n) is 2.54. The first-order valence-electron chi connectivity index (χ1n) is 5.21. The van der Waals surface area contributed by atoms with Gasteiger partial charge in [-0.1, -0.05) is 54.6 Å². The minimum Gasteiger partial charge on any atom is -0.394 e. The molecule has 1 N–H and O–H groups in total. The number of halogens is 1. The standard InChI is InChI=1S/C14H13ClO/c15-14(10-16)13-8-6-12(7-9-13)11-4-2-1-3-5-11/h1-9,14,16H,10H2. The molecule has 0 amide bonds. The highest BCUT2D eigenvalue weighted by Crippen LogP contribution is 2.24. The molecule has 0 aliphatic carbocycles. The molecule has 1 atom stereocenters. The second-order valence-corrected chi connectivity index (χ2v) is 4.16. The van der Waals surface area contributed by atoms with Crippen LogP contribution >= 0.6 is 11.6 Å². The topological polar surface area (TPSA) is 20.2 Å². The van der Waals surface area contributed by atoms with Crippen LogP contribution in [-0.2, 0) is 0 Å². The molecule has 0 saturated carbocycles. The highest BCUT2D eigenvalue weighted by molar-refractivity contribution is 6.20. The monoisotopic (exact) mass is 232 g/mol. The summed E-state index contributed by atoms with van der Waals surface area (Å²) in [4.78, 5) is 0. The maximum atomic E-state index is 8.94. The van der Waals surface area contributed by atoms with Gasteiger partial charge in [-0.15, -0.1) is 11.6 Å². The van der Waals surface area contributed by atoms with E-state index in [1.54, 1.807) is 0 Å². The molecule has 0 aliphatic heterocycles. The predicted molar refractivity (Wildman–Crippen MR) is 67.6 cm³/mol. The first-order valence-corrected chi connectivity index (χ1v) is 5.65. The zero-order valence-electron chi connectivity index (χ0n) is 8.81. The normalized spacial score (nSPS) is 12.4. The van der Waals surface area contributed by atoms with Crippen LogP contribution in [0.1, 0.15) is 10.9 Å². The molecule has 1 nitrogen and oxygen atoms in total. The summed E-state index contributed by atoms with van der Waals surface area (Å²) in [6, 6.07) is 18.1. The lowest BCUT2D eigenvalue weighted by atomic mass is 10.0. The molecule has 2 aromatic rings. The van der Waals surface area contributed by atoms with E-state index >= 15 is 0 Å². The molecule has 82 valence electrons. The Bertz CT molecular complexity index is 436. The molecular weight excluding hydrogens is 220 g/mol. The molecular formula is C14H13ClO. The molecule has 16 heavy (non-hydrogen) atoms. The van der Waals surface area contributed by atoms with Gasteiger partial charge < -0.3 is 5.11 Å². The molecule has 0 heterocycles. The van der Waals surface area contributed by atoms with Gasteiger partial charge in [0.15, 0.2) is 0 Å². The van der Waals surface area contributed by atoms with E-state index < -0.39 is 0 Å². The Morgan fingerprint density at radius 3 is 2.00 bits per heavy atom. The highest BCUT2D eigenvalue weighted by Gasteiger charge is 2.05. The van der Waals surface area contributed by atoms with Gasteiger partial charge in [-0.05, 0) is 16.7 Å². The molecule has 0 radical (unpaired) electrons. The Morgan fingerprint density at radius 1 is 0.875 bits per heavy atom. The van der Waals surface area contributed by atoms with Crippen molar-refractivity contribution in [1.82, 2.24) is 0 Å². The van der Waals surface area contributed by atoms with Crippen LogP contribution in [0.5, 0.6) is 0 Å². The molecule has 2 heteroatoms. The van der Waals surface area contributed by atoms with Crippen molar-refractivity contribution in [3.05, 3.63) is 60.2 Å². The van der Waals surface area contributed by atoms with Crippen LogP contribution < -0.4 is 0 Å². The Labute approximate surface area is 100 Å². The number of aliphatic hydroxyl groups excluding tert-OH is 1. The predicted octanol–water partition coefficient (Wildman–Crippen LogP) is 3.63. The van der Waals surface area contributed by atoms with Crippen molar-refractivity contribution >= 4 is 11.6 Å². The van der Waals surface area contributed by atoms with E-state index in [9.17, 15) is 0 Å². The van der Waals surface area contributed by atoms with Gasteiger partial charge in [0.1, 0.15) is 0 Å². The van der Waals surface area contributed by atoms with E-state index in [1.807, 2.05) is 42.5 Å². The number of hydrogen-bond donors (Lipinski definition) is 1. The molecule has 2 rings (SSSR count).